The van der Waals surface area contributed by atoms with E-state index in [-0.39, 0.29) is 47.8 Å². The Morgan fingerprint density at radius 2 is 1.22 bits per heavy atom. The summed E-state index contributed by atoms with van der Waals surface area (Å²) in [7, 11) is 0. The fourth-order valence-electron chi connectivity index (χ4n) is 6.04. The predicted octanol–water partition coefficient (Wildman–Crippen LogP) is 5.77. The van der Waals surface area contributed by atoms with Crippen LogP contribution in [-0.2, 0) is 19.2 Å². The van der Waals surface area contributed by atoms with Gasteiger partial charge in [0.2, 0.25) is 17.7 Å². The number of unbranched alkanes of at least 4 members (excludes halogenated alkanes) is 13. The van der Waals surface area contributed by atoms with E-state index >= 15 is 0 Å². The van der Waals surface area contributed by atoms with Crippen LogP contribution in [0.25, 0.3) is 0 Å². The summed E-state index contributed by atoms with van der Waals surface area (Å²) in [5.74, 6) is -1.16. The molecule has 9 N–H and O–H groups in total. The van der Waals surface area contributed by atoms with Gasteiger partial charge in [0.25, 0.3) is 0 Å². The van der Waals surface area contributed by atoms with Crippen molar-refractivity contribution in [2.45, 2.75) is 188 Å². The molecule has 0 unspecified atom stereocenters. The Bertz CT molecular complexity index is 924. The molecule has 0 saturated heterocycles. The Kier molecular flexibility index (Phi) is 28.5. The summed E-state index contributed by atoms with van der Waals surface area (Å²) in [6.07, 6.45) is 20.3. The van der Waals surface area contributed by atoms with Crippen molar-refractivity contribution in [3.63, 3.8) is 0 Å². The molecule has 0 rings (SSSR count). The van der Waals surface area contributed by atoms with Crippen LogP contribution in [0.2, 0.25) is 0 Å². The molecule has 0 bridgehead atoms. The maximum absolute atomic E-state index is 13.3. The van der Waals surface area contributed by atoms with E-state index in [1.807, 2.05) is 20.8 Å². The molecule has 0 aliphatic rings. The van der Waals surface area contributed by atoms with E-state index < -0.39 is 18.0 Å². The van der Waals surface area contributed by atoms with Crippen LogP contribution in [-0.4, -0.2) is 60.7 Å². The minimum absolute atomic E-state index is 0.0232. The molecule has 11 heteroatoms. The van der Waals surface area contributed by atoms with E-state index in [4.69, 9.17) is 17.2 Å². The van der Waals surface area contributed by atoms with Crippen molar-refractivity contribution < 1.29 is 19.2 Å². The molecule has 0 saturated carbocycles. The molecular formula is C38H75N7O4. The highest BCUT2D eigenvalue weighted by atomic mass is 16.2. The number of carbonyl (C=O) groups excluding carboxylic acids is 4. The second-order valence-electron chi connectivity index (χ2n) is 14.5. The molecule has 0 radical (unpaired) electrons. The lowest BCUT2D eigenvalue weighted by molar-refractivity contribution is -0.133. The number of guanidine groups is 1. The number of aliphatic imine (C=N–C) groups is 1. The van der Waals surface area contributed by atoms with Crippen molar-refractivity contribution in [3.8, 4) is 0 Å². The summed E-state index contributed by atoms with van der Waals surface area (Å²) < 4.78 is 0. The van der Waals surface area contributed by atoms with E-state index in [9.17, 15) is 19.2 Å². The number of hydrogen-bond acceptors (Lipinski definition) is 6. The van der Waals surface area contributed by atoms with E-state index in [0.29, 0.717) is 45.2 Å². The lowest BCUT2D eigenvalue weighted by Gasteiger charge is -2.24. The van der Waals surface area contributed by atoms with Crippen LogP contribution < -0.4 is 33.2 Å². The number of nitrogens with one attached hydrogen (secondary N) is 3. The number of ketones is 1. The van der Waals surface area contributed by atoms with Gasteiger partial charge in [-0.05, 0) is 71.3 Å². The Morgan fingerprint density at radius 1 is 0.653 bits per heavy atom. The Labute approximate surface area is 298 Å². The van der Waals surface area contributed by atoms with Gasteiger partial charge in [-0.2, -0.15) is 0 Å². The first-order chi connectivity index (χ1) is 23.4. The van der Waals surface area contributed by atoms with Crippen LogP contribution in [0, 0.1) is 11.8 Å². The Balaban J connectivity index is 4.77. The summed E-state index contributed by atoms with van der Waals surface area (Å²) in [6.45, 7) is 10.8. The van der Waals surface area contributed by atoms with E-state index in [0.717, 1.165) is 32.1 Å². The first-order valence-corrected chi connectivity index (χ1v) is 19.6. The number of nitrogens with two attached hydrogens (primary N) is 3. The lowest BCUT2D eigenvalue weighted by atomic mass is 9.89. The molecular weight excluding hydrogens is 618 g/mol. The molecule has 0 aromatic heterocycles. The first kappa shape index (κ1) is 46.3. The zero-order valence-corrected chi connectivity index (χ0v) is 32.0. The van der Waals surface area contributed by atoms with Gasteiger partial charge in [-0.25, -0.2) is 0 Å². The summed E-state index contributed by atoms with van der Waals surface area (Å²) in [6, 6.07) is -1.62. The minimum atomic E-state index is -0.790. The predicted molar refractivity (Wildman–Crippen MR) is 203 cm³/mol. The number of nitrogens with zero attached hydrogens (tertiary/aromatic N) is 1. The molecule has 286 valence electrons. The van der Waals surface area contributed by atoms with Crippen LogP contribution in [0.5, 0.6) is 0 Å². The van der Waals surface area contributed by atoms with Gasteiger partial charge in [0.15, 0.2) is 11.7 Å². The maximum atomic E-state index is 13.3. The van der Waals surface area contributed by atoms with Gasteiger partial charge in [-0.3, -0.25) is 24.2 Å². The zero-order valence-electron chi connectivity index (χ0n) is 32.0. The molecule has 0 aromatic carbocycles. The summed E-state index contributed by atoms with van der Waals surface area (Å²) in [5.41, 5.74) is 16.4. The summed E-state index contributed by atoms with van der Waals surface area (Å²) >= 11 is 0. The third kappa shape index (κ3) is 26.8. The molecule has 0 spiro atoms. The maximum Gasteiger partial charge on any atom is 0.243 e. The highest BCUT2D eigenvalue weighted by Gasteiger charge is 2.29. The first-order valence-electron chi connectivity index (χ1n) is 19.6. The number of Topliss-reactive ketones (excluding diaryl/α,β-unsaturated/α-hetero) is 1. The number of rotatable bonds is 32. The van der Waals surface area contributed by atoms with E-state index in [2.05, 4.69) is 27.9 Å². The smallest absolute Gasteiger partial charge is 0.243 e. The third-order valence-electron chi connectivity index (χ3n) is 9.00. The van der Waals surface area contributed by atoms with Gasteiger partial charge in [0.1, 0.15) is 6.04 Å². The fraction of sp³-hybridized carbons (Fsp3) is 0.868. The van der Waals surface area contributed by atoms with E-state index in [1.165, 1.54) is 64.2 Å². The van der Waals surface area contributed by atoms with Crippen LogP contribution in [0.1, 0.15) is 169 Å². The summed E-state index contributed by atoms with van der Waals surface area (Å²) in [4.78, 5) is 56.4. The largest absolute Gasteiger partial charge is 0.370 e. The van der Waals surface area contributed by atoms with E-state index in [1.54, 1.807) is 6.92 Å². The molecule has 0 heterocycles. The normalized spacial score (nSPS) is 13.7. The van der Waals surface area contributed by atoms with Crippen molar-refractivity contribution in [1.29, 1.82) is 0 Å². The van der Waals surface area contributed by atoms with Crippen molar-refractivity contribution in [2.24, 2.45) is 34.0 Å². The van der Waals surface area contributed by atoms with Crippen molar-refractivity contribution in [1.82, 2.24) is 16.0 Å². The molecule has 0 aliphatic carbocycles. The van der Waals surface area contributed by atoms with Crippen molar-refractivity contribution >= 4 is 29.5 Å². The third-order valence-corrected chi connectivity index (χ3v) is 9.00. The van der Waals surface area contributed by atoms with Crippen molar-refractivity contribution in [3.05, 3.63) is 0 Å². The second-order valence-corrected chi connectivity index (χ2v) is 14.5. The van der Waals surface area contributed by atoms with Gasteiger partial charge in [-0.15, -0.1) is 0 Å². The van der Waals surface area contributed by atoms with Crippen LogP contribution in [0.3, 0.4) is 0 Å². The molecule has 11 nitrogen and oxygen atoms in total. The average Bonchev–Trinajstić information content (AvgIpc) is 3.04. The van der Waals surface area contributed by atoms with Gasteiger partial charge in [-0.1, -0.05) is 97.8 Å². The fourth-order valence-corrected chi connectivity index (χ4v) is 6.04. The number of hydrogen-bond donors (Lipinski definition) is 6. The van der Waals surface area contributed by atoms with Gasteiger partial charge in [0, 0.05) is 31.3 Å². The monoisotopic (exact) mass is 694 g/mol. The molecule has 3 amide bonds. The number of amides is 3. The second kappa shape index (κ2) is 30.2. The van der Waals surface area contributed by atoms with Crippen LogP contribution >= 0.6 is 0 Å². The molecule has 4 atom stereocenters. The molecule has 49 heavy (non-hydrogen) atoms. The van der Waals surface area contributed by atoms with Crippen LogP contribution in [0.4, 0.5) is 0 Å². The van der Waals surface area contributed by atoms with Gasteiger partial charge >= 0.3 is 0 Å². The SMILES string of the molecule is CCCCCCCCCCCCCCCC(=O)N[C@@H](CCCCN)C(=O)N[C@@H](C)C(=O)C[C@@H](CC(C)C)C(=O)N[C@H](C)CCCN=C(N)N. The minimum Gasteiger partial charge on any atom is -0.370 e. The molecule has 0 aromatic rings. The van der Waals surface area contributed by atoms with Crippen molar-refractivity contribution in [2.75, 3.05) is 13.1 Å². The quantitative estimate of drug-likeness (QED) is 0.0292. The standard InChI is InChI=1S/C38H75N7O4/c1-6-7-8-9-10-11-12-13-14-15-16-17-18-24-35(47)45-33(23-19-20-25-39)37(49)44-31(5)34(46)28-32(27-29(2)3)36(48)43-30(4)22-21-26-42-38(40)41/h29-33H,6-28,39H2,1-5H3,(H,43,48)(H,44,49)(H,45,47)(H4,40,41,42)/t30-,31+,32-,33+/m1/s1. The molecule has 0 fully saturated rings. The highest BCUT2D eigenvalue weighted by Crippen LogP contribution is 2.18. The van der Waals surface area contributed by atoms with Gasteiger partial charge < -0.3 is 33.2 Å². The highest BCUT2D eigenvalue weighted by molar-refractivity contribution is 5.94. The van der Waals surface area contributed by atoms with Crippen LogP contribution in [0.15, 0.2) is 4.99 Å². The summed E-state index contributed by atoms with van der Waals surface area (Å²) in [5, 5.41) is 8.75. The number of carbonyl (C=O) groups is 4. The molecule has 0 aliphatic heterocycles. The Morgan fingerprint density at radius 3 is 1.76 bits per heavy atom. The zero-order chi connectivity index (χ0) is 36.9. The topological polar surface area (TPSA) is 195 Å². The average molecular weight is 694 g/mol. The van der Waals surface area contributed by atoms with Gasteiger partial charge in [0.05, 0.1) is 6.04 Å². The Hall–Kier alpha value is -2.69. The lowest BCUT2D eigenvalue weighted by Crippen LogP contribution is -2.51.